The van der Waals surface area contributed by atoms with Crippen LogP contribution in [0.4, 0.5) is 0 Å². The molecule has 2 fully saturated rings. The number of carboxylic acid groups (broad SMARTS) is 1. The Morgan fingerprint density at radius 2 is 2.12 bits per heavy atom. The van der Waals surface area contributed by atoms with E-state index in [4.69, 9.17) is 5.11 Å². The first-order chi connectivity index (χ1) is 11.8. The smallest absolute Gasteiger partial charge is 0.317 e. The van der Waals surface area contributed by atoms with E-state index >= 15 is 0 Å². The lowest BCUT2D eigenvalue weighted by atomic mass is 9.86. The molecule has 0 atom stereocenters. The highest BCUT2D eigenvalue weighted by Crippen LogP contribution is 2.34. The zero-order chi connectivity index (χ0) is 18.2. The first kappa shape index (κ1) is 18.3. The molecule has 0 saturated heterocycles. The van der Waals surface area contributed by atoms with E-state index in [1.54, 1.807) is 17.7 Å². The molecule has 0 bridgehead atoms. The maximum atomic E-state index is 12.5. The van der Waals surface area contributed by atoms with Crippen LogP contribution in [0.25, 0.3) is 0 Å². The Kier molecular flexibility index (Phi) is 5.17. The zero-order valence-electron chi connectivity index (χ0n) is 14.7. The summed E-state index contributed by atoms with van der Waals surface area (Å²) in [5.74, 6) is 0.452. The Balaban J connectivity index is 1.56. The summed E-state index contributed by atoms with van der Waals surface area (Å²) in [6.45, 7) is 5.22. The van der Waals surface area contributed by atoms with Crippen LogP contribution in [0.1, 0.15) is 38.4 Å². The van der Waals surface area contributed by atoms with Crippen LogP contribution in [-0.2, 0) is 21.4 Å². The number of carboxylic acids is 1. The van der Waals surface area contributed by atoms with E-state index in [9.17, 15) is 13.2 Å². The maximum Gasteiger partial charge on any atom is 0.317 e. The van der Waals surface area contributed by atoms with E-state index < -0.39 is 16.0 Å². The minimum absolute atomic E-state index is 0.0285. The SMILES string of the molecule is CCn1cc(S(=O)(=O)NC2CC(N(CC(=O)O)CC3CC3)C2)nc1C. The number of nitrogens with one attached hydrogen (secondary N) is 1. The Bertz CT molecular complexity index is 735. The van der Waals surface area contributed by atoms with Crippen LogP contribution in [-0.4, -0.2) is 59.1 Å². The lowest BCUT2D eigenvalue weighted by Crippen LogP contribution is -2.55. The van der Waals surface area contributed by atoms with Gasteiger partial charge in [-0.1, -0.05) is 0 Å². The summed E-state index contributed by atoms with van der Waals surface area (Å²) in [7, 11) is -3.63. The summed E-state index contributed by atoms with van der Waals surface area (Å²) < 4.78 is 29.4. The quantitative estimate of drug-likeness (QED) is 0.667. The highest BCUT2D eigenvalue weighted by molar-refractivity contribution is 7.89. The molecule has 2 saturated carbocycles. The predicted molar refractivity (Wildman–Crippen MR) is 91.7 cm³/mol. The molecular formula is C16H26N4O4S. The fourth-order valence-corrected chi connectivity index (χ4v) is 4.61. The van der Waals surface area contributed by atoms with E-state index in [2.05, 4.69) is 9.71 Å². The van der Waals surface area contributed by atoms with Gasteiger partial charge in [0.2, 0.25) is 0 Å². The molecule has 2 aliphatic rings. The monoisotopic (exact) mass is 370 g/mol. The van der Waals surface area contributed by atoms with Crippen molar-refractivity contribution in [1.82, 2.24) is 19.2 Å². The van der Waals surface area contributed by atoms with Crippen LogP contribution in [0, 0.1) is 12.8 Å². The molecule has 2 N–H and O–H groups in total. The topological polar surface area (TPSA) is 105 Å². The van der Waals surface area contributed by atoms with Crippen LogP contribution in [0.3, 0.4) is 0 Å². The second-order valence-electron chi connectivity index (χ2n) is 7.12. The van der Waals surface area contributed by atoms with Gasteiger partial charge in [0.25, 0.3) is 10.0 Å². The minimum Gasteiger partial charge on any atom is -0.480 e. The third-order valence-electron chi connectivity index (χ3n) is 5.05. The molecule has 2 aliphatic carbocycles. The van der Waals surface area contributed by atoms with Gasteiger partial charge in [-0.3, -0.25) is 9.69 Å². The molecule has 0 amide bonds. The molecule has 3 rings (SSSR count). The standard InChI is InChI=1S/C16H26N4O4S/c1-3-19-9-15(17-11(19)2)25(23,24)18-13-6-14(7-13)20(10-16(21)22)8-12-4-5-12/h9,12-14,18H,3-8,10H2,1-2H3,(H,21,22). The Labute approximate surface area is 148 Å². The van der Waals surface area contributed by atoms with Gasteiger partial charge in [-0.25, -0.2) is 18.1 Å². The third kappa shape index (κ3) is 4.39. The third-order valence-corrected chi connectivity index (χ3v) is 6.44. The van der Waals surface area contributed by atoms with Gasteiger partial charge in [0.1, 0.15) is 5.82 Å². The number of hydrogen-bond acceptors (Lipinski definition) is 5. The second-order valence-corrected chi connectivity index (χ2v) is 8.78. The van der Waals surface area contributed by atoms with Gasteiger partial charge in [0.05, 0.1) is 6.54 Å². The molecule has 1 heterocycles. The summed E-state index contributed by atoms with van der Waals surface area (Å²) >= 11 is 0. The van der Waals surface area contributed by atoms with Gasteiger partial charge >= 0.3 is 5.97 Å². The van der Waals surface area contributed by atoms with E-state index in [1.807, 2.05) is 11.8 Å². The van der Waals surface area contributed by atoms with Gasteiger partial charge in [-0.2, -0.15) is 0 Å². The fourth-order valence-electron chi connectivity index (χ4n) is 3.34. The van der Waals surface area contributed by atoms with Gasteiger partial charge in [0.15, 0.2) is 5.03 Å². The van der Waals surface area contributed by atoms with Crippen molar-refractivity contribution >= 4 is 16.0 Å². The molecule has 140 valence electrons. The number of sulfonamides is 1. The first-order valence-corrected chi connectivity index (χ1v) is 10.3. The number of hydrogen-bond donors (Lipinski definition) is 2. The average Bonchev–Trinajstić information content (AvgIpc) is 3.21. The van der Waals surface area contributed by atoms with Crippen molar-refractivity contribution in [1.29, 1.82) is 0 Å². The predicted octanol–water partition coefficient (Wildman–Crippen LogP) is 0.817. The number of aromatic nitrogens is 2. The number of aryl methyl sites for hydroxylation is 2. The molecule has 0 aromatic carbocycles. The average molecular weight is 370 g/mol. The summed E-state index contributed by atoms with van der Waals surface area (Å²) in [4.78, 5) is 17.2. The fraction of sp³-hybridized carbons (Fsp3) is 0.750. The summed E-state index contributed by atoms with van der Waals surface area (Å²) in [5, 5.41) is 9.13. The lowest BCUT2D eigenvalue weighted by Gasteiger charge is -2.42. The number of rotatable bonds is 9. The van der Waals surface area contributed by atoms with Crippen LogP contribution in [0.2, 0.25) is 0 Å². The van der Waals surface area contributed by atoms with E-state index in [1.165, 1.54) is 12.8 Å². The molecule has 1 aromatic rings. The van der Waals surface area contributed by atoms with Gasteiger partial charge in [-0.15, -0.1) is 0 Å². The molecule has 9 heteroatoms. The number of nitrogens with zero attached hydrogens (tertiary/aromatic N) is 3. The minimum atomic E-state index is -3.63. The molecule has 0 radical (unpaired) electrons. The van der Waals surface area contributed by atoms with Crippen molar-refractivity contribution < 1.29 is 18.3 Å². The number of imidazole rings is 1. The molecule has 0 spiro atoms. The molecule has 1 aromatic heterocycles. The second kappa shape index (κ2) is 7.05. The van der Waals surface area contributed by atoms with Gasteiger partial charge in [0, 0.05) is 31.4 Å². The van der Waals surface area contributed by atoms with Gasteiger partial charge in [-0.05, 0) is 45.4 Å². The normalized spacial score (nSPS) is 23.6. The van der Waals surface area contributed by atoms with Crippen molar-refractivity contribution in [2.24, 2.45) is 5.92 Å². The number of aliphatic carboxylic acids is 1. The summed E-state index contributed by atoms with van der Waals surface area (Å²) in [5.41, 5.74) is 0. The van der Waals surface area contributed by atoms with E-state index in [0.29, 0.717) is 31.1 Å². The van der Waals surface area contributed by atoms with Crippen LogP contribution in [0.5, 0.6) is 0 Å². The van der Waals surface area contributed by atoms with Crippen molar-refractivity contribution in [3.05, 3.63) is 12.0 Å². The van der Waals surface area contributed by atoms with Crippen LogP contribution < -0.4 is 4.72 Å². The molecular weight excluding hydrogens is 344 g/mol. The highest BCUT2D eigenvalue weighted by atomic mass is 32.2. The van der Waals surface area contributed by atoms with Gasteiger partial charge < -0.3 is 9.67 Å². The van der Waals surface area contributed by atoms with Crippen LogP contribution in [0.15, 0.2) is 11.2 Å². The largest absolute Gasteiger partial charge is 0.480 e. The van der Waals surface area contributed by atoms with Crippen molar-refractivity contribution in [2.75, 3.05) is 13.1 Å². The van der Waals surface area contributed by atoms with Crippen molar-refractivity contribution in [3.8, 4) is 0 Å². The van der Waals surface area contributed by atoms with Crippen molar-refractivity contribution in [2.45, 2.75) is 63.2 Å². The Morgan fingerprint density at radius 3 is 2.64 bits per heavy atom. The van der Waals surface area contributed by atoms with Crippen LogP contribution >= 0.6 is 0 Å². The van der Waals surface area contributed by atoms with E-state index in [0.717, 1.165) is 6.54 Å². The molecule has 0 aliphatic heterocycles. The maximum absolute atomic E-state index is 12.5. The first-order valence-electron chi connectivity index (χ1n) is 8.80. The number of carbonyl (C=O) groups is 1. The molecule has 0 unspecified atom stereocenters. The Hall–Kier alpha value is -1.45. The van der Waals surface area contributed by atoms with E-state index in [-0.39, 0.29) is 23.7 Å². The lowest BCUT2D eigenvalue weighted by molar-refractivity contribution is -0.139. The Morgan fingerprint density at radius 1 is 1.44 bits per heavy atom. The molecule has 25 heavy (non-hydrogen) atoms. The summed E-state index contributed by atoms with van der Waals surface area (Å²) in [6.07, 6.45) is 5.17. The zero-order valence-corrected chi connectivity index (χ0v) is 15.5. The van der Waals surface area contributed by atoms with Crippen molar-refractivity contribution in [3.63, 3.8) is 0 Å². The summed E-state index contributed by atoms with van der Waals surface area (Å²) in [6, 6.07) is -0.0167. The highest BCUT2D eigenvalue weighted by Gasteiger charge is 2.39. The molecule has 8 nitrogen and oxygen atoms in total.